The Morgan fingerprint density at radius 1 is 1.50 bits per heavy atom. The van der Waals surface area contributed by atoms with E-state index in [0.717, 1.165) is 22.6 Å². The highest BCUT2D eigenvalue weighted by atomic mass is 79.9. The summed E-state index contributed by atoms with van der Waals surface area (Å²) in [6.07, 6.45) is 0. The largest absolute Gasteiger partial charge is 0.494 e. The number of hydrogen-bond donors (Lipinski definition) is 0. The summed E-state index contributed by atoms with van der Waals surface area (Å²) in [6, 6.07) is 6.01. The smallest absolute Gasteiger partial charge is 0.123 e. The van der Waals surface area contributed by atoms with Crippen molar-refractivity contribution in [3.8, 4) is 5.75 Å². The molecule has 0 amide bonds. The minimum Gasteiger partial charge on any atom is -0.494 e. The molecule has 0 radical (unpaired) electrons. The van der Waals surface area contributed by atoms with E-state index in [2.05, 4.69) is 32.4 Å². The Morgan fingerprint density at radius 3 is 2.88 bits per heavy atom. The zero-order valence-corrected chi connectivity index (χ0v) is 11.3. The SMILES string of the molecule is CCOc1ccc2c(c1)nc(C(C)Br)n2C. The standard InChI is InChI=1S/C12H15BrN2O/c1-4-16-9-5-6-11-10(7-9)14-12(8(2)13)15(11)3/h5-8H,4H2,1-3H3. The van der Waals surface area contributed by atoms with Crippen LogP contribution in [0.4, 0.5) is 0 Å². The van der Waals surface area contributed by atoms with Crippen molar-refractivity contribution in [3.05, 3.63) is 24.0 Å². The molecule has 16 heavy (non-hydrogen) atoms. The van der Waals surface area contributed by atoms with Gasteiger partial charge in [-0.1, -0.05) is 15.9 Å². The number of benzene rings is 1. The van der Waals surface area contributed by atoms with E-state index in [1.54, 1.807) is 0 Å². The highest BCUT2D eigenvalue weighted by Gasteiger charge is 2.12. The van der Waals surface area contributed by atoms with Gasteiger partial charge in [-0.15, -0.1) is 0 Å². The van der Waals surface area contributed by atoms with Gasteiger partial charge in [0, 0.05) is 13.1 Å². The van der Waals surface area contributed by atoms with Crippen molar-refractivity contribution >= 4 is 27.0 Å². The lowest BCUT2D eigenvalue weighted by molar-refractivity contribution is 0.340. The first kappa shape index (κ1) is 11.5. The molecule has 0 spiro atoms. The third-order valence-electron chi connectivity index (χ3n) is 2.55. The number of aromatic nitrogens is 2. The number of nitrogens with zero attached hydrogens (tertiary/aromatic N) is 2. The Labute approximate surface area is 104 Å². The van der Waals surface area contributed by atoms with E-state index in [4.69, 9.17) is 4.74 Å². The van der Waals surface area contributed by atoms with Crippen LogP contribution in [0, 0.1) is 0 Å². The molecule has 1 heterocycles. The van der Waals surface area contributed by atoms with Gasteiger partial charge in [0.15, 0.2) is 0 Å². The molecular weight excluding hydrogens is 268 g/mol. The summed E-state index contributed by atoms with van der Waals surface area (Å²) in [7, 11) is 2.03. The van der Waals surface area contributed by atoms with Crippen LogP contribution in [0.2, 0.25) is 0 Å². The number of ether oxygens (including phenoxy) is 1. The van der Waals surface area contributed by atoms with Gasteiger partial charge >= 0.3 is 0 Å². The van der Waals surface area contributed by atoms with Gasteiger partial charge in [-0.05, 0) is 26.0 Å². The van der Waals surface area contributed by atoms with Crippen molar-refractivity contribution in [2.75, 3.05) is 6.61 Å². The summed E-state index contributed by atoms with van der Waals surface area (Å²) in [6.45, 7) is 4.74. The maximum Gasteiger partial charge on any atom is 0.123 e. The van der Waals surface area contributed by atoms with Gasteiger partial charge in [0.05, 0.1) is 22.5 Å². The van der Waals surface area contributed by atoms with E-state index in [-0.39, 0.29) is 4.83 Å². The molecule has 0 saturated heterocycles. The quantitative estimate of drug-likeness (QED) is 0.807. The molecule has 2 aromatic rings. The fourth-order valence-electron chi connectivity index (χ4n) is 1.81. The molecule has 3 nitrogen and oxygen atoms in total. The average Bonchev–Trinajstić information content (AvgIpc) is 2.56. The highest BCUT2D eigenvalue weighted by molar-refractivity contribution is 9.09. The first-order valence-corrected chi connectivity index (χ1v) is 6.28. The van der Waals surface area contributed by atoms with E-state index in [1.165, 1.54) is 0 Å². The van der Waals surface area contributed by atoms with Crippen LogP contribution in [-0.2, 0) is 7.05 Å². The van der Waals surface area contributed by atoms with Crippen LogP contribution in [0.25, 0.3) is 11.0 Å². The molecule has 0 aliphatic rings. The second-order valence-electron chi connectivity index (χ2n) is 3.73. The van der Waals surface area contributed by atoms with Crippen LogP contribution in [-0.4, -0.2) is 16.2 Å². The molecule has 0 saturated carbocycles. The summed E-state index contributed by atoms with van der Waals surface area (Å²) < 4.78 is 7.56. The normalized spacial score (nSPS) is 13.0. The third kappa shape index (κ3) is 1.94. The van der Waals surface area contributed by atoms with Gasteiger partial charge in [-0.2, -0.15) is 0 Å². The lowest BCUT2D eigenvalue weighted by atomic mass is 10.3. The van der Waals surface area contributed by atoms with Crippen LogP contribution in [0.3, 0.4) is 0 Å². The van der Waals surface area contributed by atoms with Gasteiger partial charge in [0.25, 0.3) is 0 Å². The lowest BCUT2D eigenvalue weighted by Gasteiger charge is -2.03. The molecule has 0 N–H and O–H groups in total. The van der Waals surface area contributed by atoms with Crippen LogP contribution >= 0.6 is 15.9 Å². The highest BCUT2D eigenvalue weighted by Crippen LogP contribution is 2.26. The number of alkyl halides is 1. The topological polar surface area (TPSA) is 27.1 Å². The Kier molecular flexibility index (Phi) is 3.19. The van der Waals surface area contributed by atoms with Gasteiger partial charge in [0.1, 0.15) is 11.6 Å². The van der Waals surface area contributed by atoms with E-state index < -0.39 is 0 Å². The van der Waals surface area contributed by atoms with Gasteiger partial charge in [-0.3, -0.25) is 0 Å². The predicted octanol–water partition coefficient (Wildman–Crippen LogP) is 3.43. The molecule has 1 atom stereocenters. The maximum atomic E-state index is 5.46. The fourth-order valence-corrected chi connectivity index (χ4v) is 2.22. The molecule has 0 aliphatic heterocycles. The van der Waals surface area contributed by atoms with Crippen molar-refractivity contribution in [2.24, 2.45) is 7.05 Å². The molecule has 2 rings (SSSR count). The van der Waals surface area contributed by atoms with Crippen molar-refractivity contribution in [1.29, 1.82) is 0 Å². The molecule has 0 fully saturated rings. The Morgan fingerprint density at radius 2 is 2.25 bits per heavy atom. The van der Waals surface area contributed by atoms with E-state index in [9.17, 15) is 0 Å². The number of aryl methyl sites for hydroxylation is 1. The van der Waals surface area contributed by atoms with E-state index in [0.29, 0.717) is 6.61 Å². The summed E-state index contributed by atoms with van der Waals surface area (Å²) in [5.41, 5.74) is 2.11. The third-order valence-corrected chi connectivity index (χ3v) is 2.96. The monoisotopic (exact) mass is 282 g/mol. The minimum atomic E-state index is 0.250. The van der Waals surface area contributed by atoms with E-state index in [1.807, 2.05) is 32.2 Å². The van der Waals surface area contributed by atoms with Crippen LogP contribution in [0.15, 0.2) is 18.2 Å². The molecule has 1 unspecified atom stereocenters. The molecular formula is C12H15BrN2O. The average molecular weight is 283 g/mol. The van der Waals surface area contributed by atoms with Gasteiger partial charge in [-0.25, -0.2) is 4.98 Å². The van der Waals surface area contributed by atoms with E-state index >= 15 is 0 Å². The lowest BCUT2D eigenvalue weighted by Crippen LogP contribution is -1.97. The second-order valence-corrected chi connectivity index (χ2v) is 5.10. The number of rotatable bonds is 3. The summed E-state index contributed by atoms with van der Waals surface area (Å²) in [5.74, 6) is 1.91. The Bertz CT molecular complexity index is 505. The molecule has 4 heteroatoms. The molecule has 0 bridgehead atoms. The van der Waals surface area contributed by atoms with Crippen molar-refractivity contribution in [3.63, 3.8) is 0 Å². The van der Waals surface area contributed by atoms with Crippen LogP contribution < -0.4 is 4.74 Å². The van der Waals surface area contributed by atoms with Gasteiger partial charge in [0.2, 0.25) is 0 Å². The van der Waals surface area contributed by atoms with Crippen molar-refractivity contribution in [2.45, 2.75) is 18.7 Å². The minimum absolute atomic E-state index is 0.250. The molecule has 1 aromatic heterocycles. The number of halogens is 1. The molecule has 86 valence electrons. The van der Waals surface area contributed by atoms with Crippen LogP contribution in [0.5, 0.6) is 5.75 Å². The van der Waals surface area contributed by atoms with Crippen molar-refractivity contribution in [1.82, 2.24) is 9.55 Å². The number of hydrogen-bond acceptors (Lipinski definition) is 2. The van der Waals surface area contributed by atoms with Gasteiger partial charge < -0.3 is 9.30 Å². The maximum absolute atomic E-state index is 5.46. The first-order valence-electron chi connectivity index (χ1n) is 5.36. The zero-order valence-electron chi connectivity index (χ0n) is 9.70. The molecule has 0 aliphatic carbocycles. The second kappa shape index (κ2) is 4.45. The predicted molar refractivity (Wildman–Crippen MR) is 69.2 cm³/mol. The number of fused-ring (bicyclic) bond motifs is 1. The fraction of sp³-hybridized carbons (Fsp3) is 0.417. The first-order chi connectivity index (χ1) is 7.63. The summed E-state index contributed by atoms with van der Waals surface area (Å²) >= 11 is 3.55. The van der Waals surface area contributed by atoms with Crippen molar-refractivity contribution < 1.29 is 4.74 Å². The zero-order chi connectivity index (χ0) is 11.7. The molecule has 1 aromatic carbocycles. The summed E-state index contributed by atoms with van der Waals surface area (Å²) in [5, 5.41) is 0. The Hall–Kier alpha value is -1.03. The Balaban J connectivity index is 2.54. The summed E-state index contributed by atoms with van der Waals surface area (Å²) in [4.78, 5) is 4.84. The van der Waals surface area contributed by atoms with Crippen LogP contribution in [0.1, 0.15) is 24.5 Å². The number of imidazole rings is 1.